The third-order valence-corrected chi connectivity index (χ3v) is 7.33. The highest BCUT2D eigenvalue weighted by atomic mass is 32.2. The van der Waals surface area contributed by atoms with E-state index in [1.807, 2.05) is 17.5 Å². The van der Waals surface area contributed by atoms with Gasteiger partial charge in [-0.3, -0.25) is 10.1 Å². The number of hydrogen-bond donors (Lipinski definition) is 2. The number of rotatable bonds is 5. The number of nitrogens with two attached hydrogens (primary N) is 1. The zero-order valence-electron chi connectivity index (χ0n) is 15.9. The number of carbonyl (C=O) groups excluding carboxylic acids is 1. The van der Waals surface area contributed by atoms with E-state index in [0.717, 1.165) is 11.3 Å². The summed E-state index contributed by atoms with van der Waals surface area (Å²) in [5, 5.41) is 5.05. The molecule has 0 atom stereocenters. The Bertz CT molecular complexity index is 1140. The van der Waals surface area contributed by atoms with Gasteiger partial charge < -0.3 is 10.5 Å². The number of amides is 1. The number of nitrogen functional groups attached to an aromatic ring is 1. The molecule has 2 aromatic carbocycles. The number of hydrogen-bond acceptors (Lipinski definition) is 7. The summed E-state index contributed by atoms with van der Waals surface area (Å²) in [7, 11) is -3.59. The minimum Gasteiger partial charge on any atom is -0.399 e. The van der Waals surface area contributed by atoms with Crippen LogP contribution in [0, 0.1) is 0 Å². The summed E-state index contributed by atoms with van der Waals surface area (Å²) in [6.07, 6.45) is 0. The van der Waals surface area contributed by atoms with Crippen LogP contribution in [0.1, 0.15) is 10.4 Å². The summed E-state index contributed by atoms with van der Waals surface area (Å²) in [4.78, 5) is 17.1. The summed E-state index contributed by atoms with van der Waals surface area (Å²) in [5.41, 5.74) is 8.35. The van der Waals surface area contributed by atoms with Gasteiger partial charge in [0, 0.05) is 35.3 Å². The van der Waals surface area contributed by atoms with Gasteiger partial charge in [0.1, 0.15) is 0 Å². The third-order valence-electron chi connectivity index (χ3n) is 4.66. The van der Waals surface area contributed by atoms with Crippen LogP contribution in [0.25, 0.3) is 11.3 Å². The lowest BCUT2D eigenvalue weighted by Gasteiger charge is -2.26. The molecule has 0 spiro atoms. The van der Waals surface area contributed by atoms with Crippen molar-refractivity contribution < 1.29 is 17.9 Å². The Kier molecular flexibility index (Phi) is 5.82. The Labute approximate surface area is 178 Å². The molecule has 30 heavy (non-hydrogen) atoms. The lowest BCUT2D eigenvalue weighted by atomic mass is 10.1. The first-order chi connectivity index (χ1) is 14.4. The summed E-state index contributed by atoms with van der Waals surface area (Å²) < 4.78 is 31.9. The molecule has 1 aromatic heterocycles. The standard InChI is InChI=1S/C20H20N4O4S2/c21-16-5-1-14(2-6-16)18-13-29-20(22-18)23-19(25)15-3-7-17(8-4-15)30(26,27)24-9-11-28-12-10-24/h1-8,13H,9-12,21H2,(H,22,23,25). The molecule has 0 radical (unpaired) electrons. The average molecular weight is 445 g/mol. The van der Waals surface area contributed by atoms with Gasteiger partial charge in [0.05, 0.1) is 23.8 Å². The lowest BCUT2D eigenvalue weighted by Crippen LogP contribution is -2.40. The molecule has 0 saturated carbocycles. The quantitative estimate of drug-likeness (QED) is 0.585. The number of morpholine rings is 1. The molecule has 1 aliphatic rings. The first-order valence-corrected chi connectivity index (χ1v) is 11.6. The molecule has 3 aromatic rings. The number of sulfonamides is 1. The molecule has 1 saturated heterocycles. The van der Waals surface area contributed by atoms with Crippen LogP contribution in [0.4, 0.5) is 10.8 Å². The van der Waals surface area contributed by atoms with Crippen molar-refractivity contribution >= 4 is 38.1 Å². The van der Waals surface area contributed by atoms with Crippen molar-refractivity contribution in [2.45, 2.75) is 4.90 Å². The SMILES string of the molecule is Nc1ccc(-c2csc(NC(=O)c3ccc(S(=O)(=O)N4CCOCC4)cc3)n2)cc1. The minimum absolute atomic E-state index is 0.154. The van der Waals surface area contributed by atoms with E-state index in [2.05, 4.69) is 10.3 Å². The van der Waals surface area contributed by atoms with Crippen LogP contribution in [0.5, 0.6) is 0 Å². The highest BCUT2D eigenvalue weighted by Gasteiger charge is 2.26. The van der Waals surface area contributed by atoms with Gasteiger partial charge in [-0.05, 0) is 36.4 Å². The van der Waals surface area contributed by atoms with E-state index in [-0.39, 0.29) is 10.8 Å². The summed E-state index contributed by atoms with van der Waals surface area (Å²) >= 11 is 1.31. The molecule has 156 valence electrons. The van der Waals surface area contributed by atoms with Crippen molar-refractivity contribution in [1.29, 1.82) is 0 Å². The van der Waals surface area contributed by atoms with E-state index < -0.39 is 10.0 Å². The van der Waals surface area contributed by atoms with Crippen LogP contribution in [0.2, 0.25) is 0 Å². The van der Waals surface area contributed by atoms with Crippen molar-refractivity contribution in [3.8, 4) is 11.3 Å². The third kappa shape index (κ3) is 4.36. The number of benzene rings is 2. The Balaban J connectivity index is 1.45. The number of thiazole rings is 1. The fourth-order valence-corrected chi connectivity index (χ4v) is 5.12. The second kappa shape index (κ2) is 8.52. The van der Waals surface area contributed by atoms with Crippen molar-refractivity contribution in [2.75, 3.05) is 37.4 Å². The first kappa shape index (κ1) is 20.5. The summed E-state index contributed by atoms with van der Waals surface area (Å²) in [5.74, 6) is -0.358. The van der Waals surface area contributed by atoms with Crippen molar-refractivity contribution in [2.24, 2.45) is 0 Å². The highest BCUT2D eigenvalue weighted by Crippen LogP contribution is 2.26. The number of carbonyl (C=O) groups is 1. The van der Waals surface area contributed by atoms with Crippen LogP contribution in [0.15, 0.2) is 58.8 Å². The van der Waals surface area contributed by atoms with E-state index in [1.54, 1.807) is 12.1 Å². The van der Waals surface area contributed by atoms with Crippen molar-refractivity contribution in [3.05, 3.63) is 59.5 Å². The molecule has 4 rings (SSSR count). The Morgan fingerprint density at radius 2 is 1.73 bits per heavy atom. The van der Waals surface area contributed by atoms with Gasteiger partial charge in [-0.25, -0.2) is 13.4 Å². The highest BCUT2D eigenvalue weighted by molar-refractivity contribution is 7.89. The maximum atomic E-state index is 12.7. The molecule has 10 heteroatoms. The molecule has 0 bridgehead atoms. The van der Waals surface area contributed by atoms with Gasteiger partial charge in [0.2, 0.25) is 10.0 Å². The summed E-state index contributed by atoms with van der Waals surface area (Å²) in [6.45, 7) is 1.41. The van der Waals surface area contributed by atoms with Crippen molar-refractivity contribution in [3.63, 3.8) is 0 Å². The van der Waals surface area contributed by atoms with E-state index in [9.17, 15) is 13.2 Å². The molecule has 8 nitrogen and oxygen atoms in total. The van der Waals surface area contributed by atoms with Gasteiger partial charge in [-0.1, -0.05) is 12.1 Å². The van der Waals surface area contributed by atoms with Gasteiger partial charge in [-0.15, -0.1) is 11.3 Å². The number of nitrogens with zero attached hydrogens (tertiary/aromatic N) is 2. The van der Waals surface area contributed by atoms with Crippen LogP contribution < -0.4 is 11.1 Å². The van der Waals surface area contributed by atoms with Gasteiger partial charge in [0.15, 0.2) is 5.13 Å². The molecule has 0 aliphatic carbocycles. The second-order valence-electron chi connectivity index (χ2n) is 6.65. The summed E-state index contributed by atoms with van der Waals surface area (Å²) in [6, 6.07) is 13.2. The zero-order valence-corrected chi connectivity index (χ0v) is 17.6. The number of anilines is 2. The topological polar surface area (TPSA) is 115 Å². The van der Waals surface area contributed by atoms with Crippen molar-refractivity contribution in [1.82, 2.24) is 9.29 Å². The van der Waals surface area contributed by atoms with Crippen LogP contribution in [0.3, 0.4) is 0 Å². The Hall–Kier alpha value is -2.79. The van der Waals surface area contributed by atoms with Crippen LogP contribution in [-0.4, -0.2) is 49.9 Å². The molecule has 1 aliphatic heterocycles. The molecule has 1 amide bonds. The minimum atomic E-state index is -3.59. The van der Waals surface area contributed by atoms with Gasteiger partial charge in [-0.2, -0.15) is 4.31 Å². The fourth-order valence-electron chi connectivity index (χ4n) is 3.00. The molecule has 1 fully saturated rings. The van der Waals surface area contributed by atoms with E-state index in [4.69, 9.17) is 10.5 Å². The van der Waals surface area contributed by atoms with Crippen LogP contribution in [-0.2, 0) is 14.8 Å². The Morgan fingerprint density at radius 3 is 2.40 bits per heavy atom. The monoisotopic (exact) mass is 444 g/mol. The van der Waals surface area contributed by atoms with E-state index >= 15 is 0 Å². The largest absolute Gasteiger partial charge is 0.399 e. The van der Waals surface area contributed by atoms with Gasteiger partial charge in [0.25, 0.3) is 5.91 Å². The number of aromatic nitrogens is 1. The normalized spacial score (nSPS) is 15.1. The predicted octanol–water partition coefficient (Wildman–Crippen LogP) is 2.67. The lowest BCUT2D eigenvalue weighted by molar-refractivity contribution is 0.0730. The maximum absolute atomic E-state index is 12.7. The molecule has 3 N–H and O–H groups in total. The molecule has 2 heterocycles. The Morgan fingerprint density at radius 1 is 1.07 bits per heavy atom. The van der Waals surface area contributed by atoms with E-state index in [0.29, 0.717) is 42.7 Å². The number of ether oxygens (including phenoxy) is 1. The van der Waals surface area contributed by atoms with Gasteiger partial charge >= 0.3 is 0 Å². The second-order valence-corrected chi connectivity index (χ2v) is 9.45. The predicted molar refractivity (Wildman–Crippen MR) is 116 cm³/mol. The first-order valence-electron chi connectivity index (χ1n) is 9.24. The molecule has 0 unspecified atom stereocenters. The fraction of sp³-hybridized carbons (Fsp3) is 0.200. The van der Waals surface area contributed by atoms with E-state index in [1.165, 1.54) is 39.9 Å². The van der Waals surface area contributed by atoms with Crippen LogP contribution >= 0.6 is 11.3 Å². The molecular weight excluding hydrogens is 424 g/mol. The average Bonchev–Trinajstić information content (AvgIpc) is 3.23. The zero-order chi connectivity index (χ0) is 21.1. The maximum Gasteiger partial charge on any atom is 0.257 e. The number of nitrogens with one attached hydrogen (secondary N) is 1. The molecular formula is C20H20N4O4S2. The smallest absolute Gasteiger partial charge is 0.257 e.